The van der Waals surface area contributed by atoms with Gasteiger partial charge in [-0.15, -0.1) is 0 Å². The molecule has 3 heteroatoms. The summed E-state index contributed by atoms with van der Waals surface area (Å²) in [6, 6.07) is 17.7. The van der Waals surface area contributed by atoms with Gasteiger partial charge in [0.05, 0.1) is 0 Å². The number of nitrogens with two attached hydrogens (primary N) is 1. The minimum atomic E-state index is -0.860. The van der Waals surface area contributed by atoms with Gasteiger partial charge in [0.25, 0.3) is 0 Å². The van der Waals surface area contributed by atoms with E-state index < -0.39 is 11.6 Å². The van der Waals surface area contributed by atoms with E-state index in [0.29, 0.717) is 12.0 Å². The first-order chi connectivity index (χ1) is 10.1. The molecular weight excluding hydrogens is 268 g/mol. The Morgan fingerprint density at radius 1 is 0.810 bits per heavy atom. The summed E-state index contributed by atoms with van der Waals surface area (Å²) < 4.78 is 26.2. The van der Waals surface area contributed by atoms with Crippen LogP contribution in [0.5, 0.6) is 0 Å². The van der Waals surface area contributed by atoms with E-state index >= 15 is 0 Å². The highest BCUT2D eigenvalue weighted by Gasteiger charge is 2.10. The van der Waals surface area contributed by atoms with Gasteiger partial charge in [0.1, 0.15) is 0 Å². The predicted octanol–water partition coefficient (Wildman–Crippen LogP) is 4.36. The van der Waals surface area contributed by atoms with Gasteiger partial charge in [0.15, 0.2) is 11.6 Å². The summed E-state index contributed by atoms with van der Waals surface area (Å²) >= 11 is 0. The molecule has 0 spiro atoms. The molecule has 0 amide bonds. The Balaban J connectivity index is 1.85. The molecule has 2 N–H and O–H groups in total. The summed E-state index contributed by atoms with van der Waals surface area (Å²) in [4.78, 5) is 0. The van der Waals surface area contributed by atoms with Gasteiger partial charge in [-0.25, -0.2) is 8.78 Å². The van der Waals surface area contributed by atoms with Crippen LogP contribution in [0.25, 0.3) is 10.8 Å². The van der Waals surface area contributed by atoms with Crippen LogP contribution in [0.2, 0.25) is 0 Å². The number of rotatable bonds is 3. The second-order valence-corrected chi connectivity index (χ2v) is 5.17. The minimum Gasteiger partial charge on any atom is -0.324 e. The predicted molar refractivity (Wildman–Crippen MR) is 80.9 cm³/mol. The Morgan fingerprint density at radius 2 is 1.57 bits per heavy atom. The van der Waals surface area contributed by atoms with Crippen LogP contribution in [-0.2, 0) is 6.42 Å². The number of hydrogen-bond acceptors (Lipinski definition) is 1. The van der Waals surface area contributed by atoms with E-state index in [-0.39, 0.29) is 6.04 Å². The van der Waals surface area contributed by atoms with E-state index in [0.717, 1.165) is 17.0 Å². The van der Waals surface area contributed by atoms with Crippen molar-refractivity contribution < 1.29 is 8.78 Å². The van der Waals surface area contributed by atoms with Crippen molar-refractivity contribution in [1.29, 1.82) is 0 Å². The van der Waals surface area contributed by atoms with Gasteiger partial charge in [-0.05, 0) is 40.5 Å². The molecule has 21 heavy (non-hydrogen) atoms. The molecule has 0 saturated heterocycles. The van der Waals surface area contributed by atoms with Crippen molar-refractivity contribution in [2.45, 2.75) is 12.5 Å². The van der Waals surface area contributed by atoms with Gasteiger partial charge in [0, 0.05) is 6.04 Å². The fraction of sp³-hybridized carbons (Fsp3) is 0.111. The zero-order valence-corrected chi connectivity index (χ0v) is 11.4. The fourth-order valence-electron chi connectivity index (χ4n) is 2.48. The molecule has 0 radical (unpaired) electrons. The Hall–Kier alpha value is -2.26. The quantitative estimate of drug-likeness (QED) is 0.759. The van der Waals surface area contributed by atoms with Crippen molar-refractivity contribution in [3.63, 3.8) is 0 Å². The van der Waals surface area contributed by atoms with Gasteiger partial charge in [0.2, 0.25) is 0 Å². The van der Waals surface area contributed by atoms with Crippen LogP contribution >= 0.6 is 0 Å². The molecule has 1 nitrogen and oxygen atoms in total. The molecule has 106 valence electrons. The average Bonchev–Trinajstić information content (AvgIpc) is 2.50. The lowest BCUT2D eigenvalue weighted by Gasteiger charge is -2.13. The number of fused-ring (bicyclic) bond motifs is 1. The fourth-order valence-corrected chi connectivity index (χ4v) is 2.48. The van der Waals surface area contributed by atoms with Crippen LogP contribution in [0, 0.1) is 11.6 Å². The lowest BCUT2D eigenvalue weighted by atomic mass is 9.97. The van der Waals surface area contributed by atoms with Gasteiger partial charge < -0.3 is 5.73 Å². The van der Waals surface area contributed by atoms with Crippen molar-refractivity contribution in [3.05, 3.63) is 83.4 Å². The highest BCUT2D eigenvalue weighted by molar-refractivity contribution is 5.83. The smallest absolute Gasteiger partial charge is 0.159 e. The summed E-state index contributed by atoms with van der Waals surface area (Å²) in [5.74, 6) is -1.71. The zero-order valence-electron chi connectivity index (χ0n) is 11.4. The van der Waals surface area contributed by atoms with E-state index in [1.54, 1.807) is 0 Å². The molecule has 0 aromatic heterocycles. The van der Waals surface area contributed by atoms with Gasteiger partial charge >= 0.3 is 0 Å². The zero-order chi connectivity index (χ0) is 14.8. The summed E-state index contributed by atoms with van der Waals surface area (Å²) in [7, 11) is 0. The van der Waals surface area contributed by atoms with Crippen LogP contribution in [0.4, 0.5) is 8.78 Å². The average molecular weight is 283 g/mol. The molecule has 1 unspecified atom stereocenters. The Kier molecular flexibility index (Phi) is 3.67. The van der Waals surface area contributed by atoms with Crippen molar-refractivity contribution in [2.24, 2.45) is 5.73 Å². The van der Waals surface area contributed by atoms with E-state index in [1.807, 2.05) is 36.4 Å². The first-order valence-electron chi connectivity index (χ1n) is 6.82. The maximum atomic E-state index is 13.3. The monoisotopic (exact) mass is 283 g/mol. The van der Waals surface area contributed by atoms with Crippen molar-refractivity contribution >= 4 is 10.8 Å². The molecule has 3 aromatic carbocycles. The largest absolute Gasteiger partial charge is 0.324 e. The minimum absolute atomic E-state index is 0.360. The van der Waals surface area contributed by atoms with E-state index in [9.17, 15) is 8.78 Å². The highest BCUT2D eigenvalue weighted by atomic mass is 19.2. The molecule has 0 heterocycles. The van der Waals surface area contributed by atoms with Gasteiger partial charge in [-0.1, -0.05) is 48.5 Å². The molecule has 0 aliphatic heterocycles. The lowest BCUT2D eigenvalue weighted by molar-refractivity contribution is 0.505. The molecular formula is C18H15F2N. The number of benzene rings is 3. The first kappa shape index (κ1) is 13.7. The van der Waals surface area contributed by atoms with Crippen molar-refractivity contribution in [1.82, 2.24) is 0 Å². The summed E-state index contributed by atoms with van der Waals surface area (Å²) in [5.41, 5.74) is 7.78. The number of hydrogen-bond donors (Lipinski definition) is 1. The Morgan fingerprint density at radius 3 is 2.33 bits per heavy atom. The third-order valence-electron chi connectivity index (χ3n) is 3.64. The maximum absolute atomic E-state index is 13.3. The third kappa shape index (κ3) is 2.93. The lowest BCUT2D eigenvalue weighted by Crippen LogP contribution is -2.13. The Bertz CT molecular complexity index is 783. The van der Waals surface area contributed by atoms with Crippen molar-refractivity contribution in [3.8, 4) is 0 Å². The second kappa shape index (κ2) is 5.62. The van der Waals surface area contributed by atoms with Gasteiger partial charge in [-0.3, -0.25) is 0 Å². The van der Waals surface area contributed by atoms with E-state index in [2.05, 4.69) is 6.07 Å². The summed E-state index contributed by atoms with van der Waals surface area (Å²) in [6.45, 7) is 0. The molecule has 1 atom stereocenters. The standard InChI is InChI=1S/C18H15F2N/c19-16-8-7-15(11-17(16)20)18(21)10-12-5-6-13-3-1-2-4-14(13)9-12/h1-9,11,18H,10,21H2. The second-order valence-electron chi connectivity index (χ2n) is 5.17. The number of halogens is 2. The summed E-state index contributed by atoms with van der Waals surface area (Å²) in [5, 5.41) is 2.31. The van der Waals surface area contributed by atoms with Gasteiger partial charge in [-0.2, -0.15) is 0 Å². The molecule has 0 saturated carbocycles. The van der Waals surface area contributed by atoms with Crippen LogP contribution < -0.4 is 5.73 Å². The molecule has 0 aliphatic carbocycles. The highest BCUT2D eigenvalue weighted by Crippen LogP contribution is 2.21. The third-order valence-corrected chi connectivity index (χ3v) is 3.64. The molecule has 3 rings (SSSR count). The van der Waals surface area contributed by atoms with Crippen LogP contribution in [0.1, 0.15) is 17.2 Å². The summed E-state index contributed by atoms with van der Waals surface area (Å²) in [6.07, 6.45) is 0.579. The van der Waals surface area contributed by atoms with E-state index in [4.69, 9.17) is 5.73 Å². The van der Waals surface area contributed by atoms with Crippen LogP contribution in [-0.4, -0.2) is 0 Å². The molecule has 0 aliphatic rings. The van der Waals surface area contributed by atoms with Crippen molar-refractivity contribution in [2.75, 3.05) is 0 Å². The van der Waals surface area contributed by atoms with Crippen LogP contribution in [0.15, 0.2) is 60.7 Å². The first-order valence-corrected chi connectivity index (χ1v) is 6.82. The maximum Gasteiger partial charge on any atom is 0.159 e. The topological polar surface area (TPSA) is 26.0 Å². The molecule has 3 aromatic rings. The SMILES string of the molecule is NC(Cc1ccc2ccccc2c1)c1ccc(F)c(F)c1. The Labute approximate surface area is 122 Å². The molecule has 0 fully saturated rings. The molecule has 0 bridgehead atoms. The van der Waals surface area contributed by atoms with Crippen LogP contribution in [0.3, 0.4) is 0 Å². The van der Waals surface area contributed by atoms with E-state index in [1.165, 1.54) is 17.5 Å². The normalized spacial score (nSPS) is 12.5.